The molecule has 1 amide bonds. The number of amides is 1. The SMILES string of the molecule is C[C@H](CCCC(C)(C)O)NC(=O)c1csc(Nc2ccccc2Cl)n1. The van der Waals surface area contributed by atoms with Crippen LogP contribution < -0.4 is 10.6 Å². The van der Waals surface area contributed by atoms with Gasteiger partial charge in [-0.2, -0.15) is 0 Å². The summed E-state index contributed by atoms with van der Waals surface area (Å²) in [7, 11) is 0. The van der Waals surface area contributed by atoms with Crippen molar-refractivity contribution in [2.45, 2.75) is 51.7 Å². The van der Waals surface area contributed by atoms with Gasteiger partial charge >= 0.3 is 0 Å². The first kappa shape index (κ1) is 19.7. The van der Waals surface area contributed by atoms with E-state index in [0.29, 0.717) is 22.3 Å². The van der Waals surface area contributed by atoms with E-state index >= 15 is 0 Å². The minimum absolute atomic E-state index is 0.0246. The molecular weight excluding hydrogens is 358 g/mol. The summed E-state index contributed by atoms with van der Waals surface area (Å²) in [6, 6.07) is 7.41. The lowest BCUT2D eigenvalue weighted by Crippen LogP contribution is -2.33. The minimum Gasteiger partial charge on any atom is -0.390 e. The molecule has 1 aromatic heterocycles. The zero-order valence-corrected chi connectivity index (χ0v) is 16.2. The fraction of sp³-hybridized carbons (Fsp3) is 0.444. The molecule has 0 aliphatic rings. The molecule has 1 aromatic carbocycles. The predicted molar refractivity (Wildman–Crippen MR) is 104 cm³/mol. The fourth-order valence-electron chi connectivity index (χ4n) is 2.32. The second kappa shape index (κ2) is 8.65. The Kier molecular flexibility index (Phi) is 6.81. The number of benzene rings is 1. The molecule has 0 aliphatic heterocycles. The third kappa shape index (κ3) is 6.65. The van der Waals surface area contributed by atoms with Crippen molar-refractivity contribution in [3.8, 4) is 0 Å². The predicted octanol–water partition coefficient (Wildman–Crippen LogP) is 4.60. The van der Waals surface area contributed by atoms with Gasteiger partial charge in [-0.05, 0) is 52.2 Å². The Labute approximate surface area is 157 Å². The van der Waals surface area contributed by atoms with Crippen LogP contribution in [0.1, 0.15) is 50.5 Å². The highest BCUT2D eigenvalue weighted by Crippen LogP contribution is 2.26. The van der Waals surface area contributed by atoms with Crippen molar-refractivity contribution in [1.82, 2.24) is 10.3 Å². The summed E-state index contributed by atoms with van der Waals surface area (Å²) < 4.78 is 0. The number of carbonyl (C=O) groups is 1. The molecule has 2 aromatic rings. The normalized spacial score (nSPS) is 12.7. The van der Waals surface area contributed by atoms with Crippen molar-refractivity contribution in [3.05, 3.63) is 40.4 Å². The summed E-state index contributed by atoms with van der Waals surface area (Å²) in [5.74, 6) is -0.195. The van der Waals surface area contributed by atoms with Crippen molar-refractivity contribution in [1.29, 1.82) is 0 Å². The van der Waals surface area contributed by atoms with Crippen LogP contribution in [0.4, 0.5) is 10.8 Å². The quantitative estimate of drug-likeness (QED) is 0.624. The van der Waals surface area contributed by atoms with Crippen LogP contribution in [0.25, 0.3) is 0 Å². The van der Waals surface area contributed by atoms with Crippen LogP contribution in [0.3, 0.4) is 0 Å². The van der Waals surface area contributed by atoms with Crippen LogP contribution in [-0.4, -0.2) is 27.6 Å². The Hall–Kier alpha value is -1.63. The number of para-hydroxylation sites is 1. The van der Waals surface area contributed by atoms with Gasteiger partial charge in [-0.1, -0.05) is 23.7 Å². The summed E-state index contributed by atoms with van der Waals surface area (Å²) in [5.41, 5.74) is 0.470. The monoisotopic (exact) mass is 381 g/mol. The van der Waals surface area contributed by atoms with Crippen LogP contribution in [0.15, 0.2) is 29.6 Å². The number of carbonyl (C=O) groups excluding carboxylic acids is 1. The largest absolute Gasteiger partial charge is 0.390 e. The number of hydrogen-bond acceptors (Lipinski definition) is 5. The van der Waals surface area contributed by atoms with Crippen molar-refractivity contribution >= 4 is 39.7 Å². The highest BCUT2D eigenvalue weighted by molar-refractivity contribution is 7.14. The molecule has 25 heavy (non-hydrogen) atoms. The molecule has 5 nitrogen and oxygen atoms in total. The van der Waals surface area contributed by atoms with Crippen LogP contribution in [-0.2, 0) is 0 Å². The number of rotatable bonds is 8. The van der Waals surface area contributed by atoms with Gasteiger partial charge in [0.05, 0.1) is 16.3 Å². The topological polar surface area (TPSA) is 74.2 Å². The molecule has 7 heteroatoms. The second-order valence-electron chi connectivity index (χ2n) is 6.72. The van der Waals surface area contributed by atoms with E-state index in [-0.39, 0.29) is 11.9 Å². The van der Waals surface area contributed by atoms with Crippen molar-refractivity contribution in [3.63, 3.8) is 0 Å². The maximum Gasteiger partial charge on any atom is 0.271 e. The van der Waals surface area contributed by atoms with Gasteiger partial charge in [0.25, 0.3) is 5.91 Å². The first-order valence-corrected chi connectivity index (χ1v) is 9.51. The maximum atomic E-state index is 12.3. The summed E-state index contributed by atoms with van der Waals surface area (Å²) >= 11 is 7.47. The molecule has 0 aliphatic carbocycles. The Bertz CT molecular complexity index is 712. The number of nitrogens with one attached hydrogen (secondary N) is 2. The summed E-state index contributed by atoms with van der Waals surface area (Å²) in [6.45, 7) is 5.54. The van der Waals surface area contributed by atoms with E-state index in [1.165, 1.54) is 11.3 Å². The van der Waals surface area contributed by atoms with E-state index in [4.69, 9.17) is 11.6 Å². The molecule has 136 valence electrons. The zero-order valence-electron chi connectivity index (χ0n) is 14.7. The van der Waals surface area contributed by atoms with Crippen LogP contribution >= 0.6 is 22.9 Å². The van der Waals surface area contributed by atoms with Crippen molar-refractivity contribution in [2.24, 2.45) is 0 Å². The molecule has 0 saturated heterocycles. The lowest BCUT2D eigenvalue weighted by molar-refractivity contribution is 0.0674. The average molecular weight is 382 g/mol. The first-order chi connectivity index (χ1) is 11.7. The number of aromatic nitrogens is 1. The van der Waals surface area contributed by atoms with E-state index in [2.05, 4.69) is 15.6 Å². The number of nitrogens with zero attached hydrogens (tertiary/aromatic N) is 1. The Morgan fingerprint density at radius 2 is 2.12 bits per heavy atom. The Morgan fingerprint density at radius 1 is 1.40 bits per heavy atom. The van der Waals surface area contributed by atoms with Gasteiger partial charge in [0.15, 0.2) is 5.13 Å². The van der Waals surface area contributed by atoms with E-state index in [0.717, 1.165) is 18.5 Å². The van der Waals surface area contributed by atoms with Crippen molar-refractivity contribution in [2.75, 3.05) is 5.32 Å². The van der Waals surface area contributed by atoms with Crippen LogP contribution in [0, 0.1) is 0 Å². The number of aliphatic hydroxyl groups is 1. The summed E-state index contributed by atoms with van der Waals surface area (Å²) in [4.78, 5) is 16.6. The molecule has 1 atom stereocenters. The summed E-state index contributed by atoms with van der Waals surface area (Å²) in [5, 5.41) is 18.7. The molecule has 0 spiro atoms. The van der Waals surface area contributed by atoms with Crippen LogP contribution in [0.5, 0.6) is 0 Å². The van der Waals surface area contributed by atoms with Gasteiger partial charge < -0.3 is 15.7 Å². The van der Waals surface area contributed by atoms with E-state index in [1.54, 1.807) is 25.3 Å². The summed E-state index contributed by atoms with van der Waals surface area (Å²) in [6.07, 6.45) is 2.36. The number of thiazole rings is 1. The van der Waals surface area contributed by atoms with Crippen LogP contribution in [0.2, 0.25) is 5.02 Å². The van der Waals surface area contributed by atoms with E-state index < -0.39 is 5.60 Å². The molecule has 3 N–H and O–H groups in total. The highest BCUT2D eigenvalue weighted by atomic mass is 35.5. The highest BCUT2D eigenvalue weighted by Gasteiger charge is 2.16. The number of hydrogen-bond donors (Lipinski definition) is 3. The first-order valence-electron chi connectivity index (χ1n) is 8.25. The second-order valence-corrected chi connectivity index (χ2v) is 7.99. The number of halogens is 1. The lowest BCUT2D eigenvalue weighted by atomic mass is 10.00. The molecule has 0 bridgehead atoms. The molecule has 0 saturated carbocycles. The Balaban J connectivity index is 1.86. The fourth-order valence-corrected chi connectivity index (χ4v) is 3.21. The standard InChI is InChI=1S/C18H24ClN3O2S/c1-12(7-6-10-18(2,3)24)20-16(23)15-11-25-17(22-15)21-14-9-5-4-8-13(14)19/h4-5,8-9,11-12,24H,6-7,10H2,1-3H3,(H,20,23)(H,21,22)/t12-/m1/s1. The third-order valence-corrected chi connectivity index (χ3v) is 4.74. The molecule has 0 fully saturated rings. The molecule has 0 unspecified atom stereocenters. The molecular formula is C18H24ClN3O2S. The molecule has 1 heterocycles. The third-order valence-electron chi connectivity index (χ3n) is 3.66. The Morgan fingerprint density at radius 3 is 2.80 bits per heavy atom. The van der Waals surface area contributed by atoms with E-state index in [1.807, 2.05) is 25.1 Å². The van der Waals surface area contributed by atoms with Gasteiger partial charge in [0.1, 0.15) is 5.69 Å². The van der Waals surface area contributed by atoms with Gasteiger partial charge in [-0.25, -0.2) is 4.98 Å². The molecule has 2 rings (SSSR count). The lowest BCUT2D eigenvalue weighted by Gasteiger charge is -2.18. The van der Waals surface area contributed by atoms with E-state index in [9.17, 15) is 9.90 Å². The van der Waals surface area contributed by atoms with Gasteiger partial charge in [-0.3, -0.25) is 4.79 Å². The van der Waals surface area contributed by atoms with Crippen molar-refractivity contribution < 1.29 is 9.90 Å². The van der Waals surface area contributed by atoms with Gasteiger partial charge in [-0.15, -0.1) is 11.3 Å². The minimum atomic E-state index is -0.669. The van der Waals surface area contributed by atoms with Gasteiger partial charge in [0.2, 0.25) is 0 Å². The number of anilines is 2. The molecule has 0 radical (unpaired) electrons. The average Bonchev–Trinajstić information content (AvgIpc) is 2.97. The smallest absolute Gasteiger partial charge is 0.271 e. The zero-order chi connectivity index (χ0) is 18.4. The maximum absolute atomic E-state index is 12.3. The van der Waals surface area contributed by atoms with Gasteiger partial charge in [0, 0.05) is 11.4 Å².